The molecule has 31 heavy (non-hydrogen) atoms. The van der Waals surface area contributed by atoms with Gasteiger partial charge in [-0.1, -0.05) is 45.0 Å². The number of carbonyl (C=O) groups is 3. The van der Waals surface area contributed by atoms with Crippen LogP contribution in [-0.4, -0.2) is 41.1 Å². The molecule has 3 amide bonds. The van der Waals surface area contributed by atoms with Crippen molar-refractivity contribution in [3.05, 3.63) is 65.2 Å². The molecular weight excluding hydrogens is 396 g/mol. The molecule has 0 saturated carbocycles. The molecule has 1 atom stereocenters. The molecule has 1 heterocycles. The smallest absolute Gasteiger partial charge is 0.335 e. The zero-order valence-electron chi connectivity index (χ0n) is 18.3. The number of hydrogen-bond acceptors (Lipinski definition) is 4. The maximum Gasteiger partial charge on any atom is 0.335 e. The van der Waals surface area contributed by atoms with Crippen molar-refractivity contribution in [2.45, 2.75) is 45.1 Å². The molecule has 164 valence electrons. The van der Waals surface area contributed by atoms with Gasteiger partial charge in [0.15, 0.2) is 0 Å². The summed E-state index contributed by atoms with van der Waals surface area (Å²) >= 11 is 0. The quantitative estimate of drug-likeness (QED) is 0.519. The number of carbonyl (C=O) groups excluding carboxylic acids is 2. The number of aromatic carboxylic acids is 1. The van der Waals surface area contributed by atoms with Crippen molar-refractivity contribution in [2.75, 3.05) is 13.2 Å². The summed E-state index contributed by atoms with van der Waals surface area (Å²) in [5.74, 6) is -0.751. The highest BCUT2D eigenvalue weighted by Crippen LogP contribution is 2.31. The lowest BCUT2D eigenvalue weighted by atomic mass is 9.84. The molecule has 0 radical (unpaired) electrons. The fraction of sp³-hybridized carbons (Fsp3) is 0.375. The molecule has 0 aliphatic carbocycles. The molecule has 3 rings (SSSR count). The Morgan fingerprint density at radius 1 is 1.06 bits per heavy atom. The molecule has 0 aromatic heterocycles. The first kappa shape index (κ1) is 22.3. The first-order valence-corrected chi connectivity index (χ1v) is 10.2. The zero-order chi connectivity index (χ0) is 22.8. The van der Waals surface area contributed by atoms with Gasteiger partial charge in [-0.15, -0.1) is 0 Å². The molecule has 0 spiro atoms. The summed E-state index contributed by atoms with van der Waals surface area (Å²) in [4.78, 5) is 37.6. The number of hydrogen-bond donors (Lipinski definition) is 2. The fourth-order valence-electron chi connectivity index (χ4n) is 3.51. The largest absolute Gasteiger partial charge is 0.494 e. The van der Waals surface area contributed by atoms with Crippen LogP contribution >= 0.6 is 0 Å². The molecule has 7 heteroatoms. The summed E-state index contributed by atoms with van der Waals surface area (Å²) in [5.41, 5.74) is 0.989. The van der Waals surface area contributed by atoms with Crippen LogP contribution in [0.3, 0.4) is 0 Å². The molecule has 2 N–H and O–H groups in total. The molecule has 7 nitrogen and oxygen atoms in total. The highest BCUT2D eigenvalue weighted by Gasteiger charge is 2.48. The van der Waals surface area contributed by atoms with E-state index in [-0.39, 0.29) is 23.4 Å². The number of ether oxygens (including phenoxy) is 1. The van der Waals surface area contributed by atoms with Crippen LogP contribution in [-0.2, 0) is 15.7 Å². The minimum atomic E-state index is -1.10. The van der Waals surface area contributed by atoms with E-state index in [9.17, 15) is 14.4 Å². The van der Waals surface area contributed by atoms with E-state index in [2.05, 4.69) is 26.1 Å². The van der Waals surface area contributed by atoms with Gasteiger partial charge in [0.2, 0.25) is 0 Å². The van der Waals surface area contributed by atoms with E-state index < -0.39 is 17.5 Å². The molecule has 2 aromatic carbocycles. The number of benzene rings is 2. The Kier molecular flexibility index (Phi) is 6.06. The van der Waals surface area contributed by atoms with Crippen molar-refractivity contribution < 1.29 is 24.2 Å². The molecule has 1 unspecified atom stereocenters. The topological polar surface area (TPSA) is 95.9 Å². The van der Waals surface area contributed by atoms with Crippen molar-refractivity contribution in [1.29, 1.82) is 0 Å². The minimum Gasteiger partial charge on any atom is -0.494 e. The normalized spacial score (nSPS) is 18.8. The Hall–Kier alpha value is -3.35. The standard InChI is InChI=1S/C24H28N2O5/c1-23(2,3)17-8-10-18(11-9-17)24(4)21(29)26(22(30)25-24)14-5-15-31-19-12-6-16(7-13-19)20(27)28/h6-13H,5,14-15H2,1-4H3,(H,25,30)(H,27,28). The monoisotopic (exact) mass is 424 g/mol. The summed E-state index contributed by atoms with van der Waals surface area (Å²) < 4.78 is 5.59. The lowest BCUT2D eigenvalue weighted by Crippen LogP contribution is -2.41. The first-order chi connectivity index (χ1) is 14.5. The van der Waals surface area contributed by atoms with Crippen LogP contribution in [0.5, 0.6) is 5.75 Å². The van der Waals surface area contributed by atoms with Gasteiger partial charge in [-0.3, -0.25) is 9.69 Å². The minimum absolute atomic E-state index is 0.00233. The predicted octanol–water partition coefficient (Wildman–Crippen LogP) is 3.92. The van der Waals surface area contributed by atoms with Crippen molar-refractivity contribution >= 4 is 17.9 Å². The molecule has 1 saturated heterocycles. The molecule has 1 fully saturated rings. The molecule has 1 aliphatic heterocycles. The number of nitrogens with zero attached hydrogens (tertiary/aromatic N) is 1. The van der Waals surface area contributed by atoms with Crippen LogP contribution in [0.25, 0.3) is 0 Å². The van der Waals surface area contributed by atoms with Gasteiger partial charge >= 0.3 is 12.0 Å². The number of carboxylic acids is 1. The molecular formula is C24H28N2O5. The zero-order valence-corrected chi connectivity index (χ0v) is 18.3. The van der Waals surface area contributed by atoms with E-state index in [1.54, 1.807) is 19.1 Å². The van der Waals surface area contributed by atoms with Crippen LogP contribution in [0.4, 0.5) is 4.79 Å². The van der Waals surface area contributed by atoms with Gasteiger partial charge in [-0.25, -0.2) is 9.59 Å². The predicted molar refractivity (Wildman–Crippen MR) is 116 cm³/mol. The maximum absolute atomic E-state index is 13.0. The van der Waals surface area contributed by atoms with E-state index in [4.69, 9.17) is 9.84 Å². The number of urea groups is 1. The Morgan fingerprint density at radius 3 is 2.23 bits per heavy atom. The van der Waals surface area contributed by atoms with Gasteiger partial charge in [0.25, 0.3) is 5.91 Å². The van der Waals surface area contributed by atoms with Crippen LogP contribution < -0.4 is 10.1 Å². The first-order valence-electron chi connectivity index (χ1n) is 10.2. The Labute approximate surface area is 182 Å². The molecule has 0 bridgehead atoms. The number of carboxylic acid groups (broad SMARTS) is 1. The fourth-order valence-corrected chi connectivity index (χ4v) is 3.51. The highest BCUT2D eigenvalue weighted by molar-refractivity contribution is 6.07. The number of amides is 3. The van der Waals surface area contributed by atoms with Gasteiger partial charge in [-0.05, 0) is 54.2 Å². The third-order valence-electron chi connectivity index (χ3n) is 5.50. The second kappa shape index (κ2) is 8.41. The van der Waals surface area contributed by atoms with E-state index >= 15 is 0 Å². The van der Waals surface area contributed by atoms with Gasteiger partial charge in [0, 0.05) is 6.54 Å². The molecule has 2 aromatic rings. The van der Waals surface area contributed by atoms with Crippen molar-refractivity contribution in [1.82, 2.24) is 10.2 Å². The summed E-state index contributed by atoms with van der Waals surface area (Å²) in [7, 11) is 0. The van der Waals surface area contributed by atoms with E-state index in [0.717, 1.165) is 11.1 Å². The second-order valence-corrected chi connectivity index (χ2v) is 8.87. The number of nitrogens with one attached hydrogen (secondary N) is 1. The third kappa shape index (κ3) is 4.71. The average molecular weight is 424 g/mol. The van der Waals surface area contributed by atoms with Gasteiger partial charge in [-0.2, -0.15) is 0 Å². The summed E-state index contributed by atoms with van der Waals surface area (Å²) in [6, 6.07) is 13.4. The van der Waals surface area contributed by atoms with Crippen LogP contribution in [0, 0.1) is 0 Å². The Balaban J connectivity index is 1.59. The number of rotatable bonds is 7. The van der Waals surface area contributed by atoms with E-state index in [1.165, 1.54) is 17.0 Å². The van der Waals surface area contributed by atoms with Gasteiger partial charge in [0.1, 0.15) is 11.3 Å². The van der Waals surface area contributed by atoms with Crippen LogP contribution in [0.1, 0.15) is 55.6 Å². The summed E-state index contributed by atoms with van der Waals surface area (Å²) in [6.45, 7) is 8.61. The summed E-state index contributed by atoms with van der Waals surface area (Å²) in [5, 5.41) is 11.7. The third-order valence-corrected chi connectivity index (χ3v) is 5.50. The average Bonchev–Trinajstić information content (AvgIpc) is 2.94. The lowest BCUT2D eigenvalue weighted by Gasteiger charge is -2.24. The SMILES string of the molecule is CC(C)(C)c1ccc(C2(C)NC(=O)N(CCCOc3ccc(C(=O)O)cc3)C2=O)cc1. The maximum atomic E-state index is 13.0. The Bertz CT molecular complexity index is 977. The molecule has 1 aliphatic rings. The van der Waals surface area contributed by atoms with Gasteiger partial charge in [0.05, 0.1) is 12.2 Å². The summed E-state index contributed by atoms with van der Waals surface area (Å²) in [6.07, 6.45) is 0.457. The van der Waals surface area contributed by atoms with Crippen molar-refractivity contribution in [3.63, 3.8) is 0 Å². The number of imide groups is 1. The van der Waals surface area contributed by atoms with E-state index in [1.807, 2.05) is 24.3 Å². The van der Waals surface area contributed by atoms with Crippen molar-refractivity contribution in [3.8, 4) is 5.75 Å². The van der Waals surface area contributed by atoms with Crippen LogP contribution in [0.2, 0.25) is 0 Å². The Morgan fingerprint density at radius 2 is 1.68 bits per heavy atom. The second-order valence-electron chi connectivity index (χ2n) is 8.87. The highest BCUT2D eigenvalue weighted by atomic mass is 16.5. The van der Waals surface area contributed by atoms with Gasteiger partial charge < -0.3 is 15.2 Å². The van der Waals surface area contributed by atoms with E-state index in [0.29, 0.717) is 18.8 Å². The van der Waals surface area contributed by atoms with Crippen molar-refractivity contribution in [2.24, 2.45) is 0 Å². The van der Waals surface area contributed by atoms with Crippen LogP contribution in [0.15, 0.2) is 48.5 Å². The lowest BCUT2D eigenvalue weighted by molar-refractivity contribution is -0.131.